The molecule has 0 aliphatic carbocycles. The SMILES string of the molecule is CC(O)c1c(-c2ccc(F)cc2)ccnc1Cl. The largest absolute Gasteiger partial charge is 0.389 e. The lowest BCUT2D eigenvalue weighted by molar-refractivity contribution is 0.199. The van der Waals surface area contributed by atoms with Crippen molar-refractivity contribution in [3.05, 3.63) is 53.1 Å². The van der Waals surface area contributed by atoms with E-state index >= 15 is 0 Å². The van der Waals surface area contributed by atoms with Crippen LogP contribution in [-0.4, -0.2) is 10.1 Å². The third-order valence-electron chi connectivity index (χ3n) is 2.51. The Balaban J connectivity index is 2.59. The Morgan fingerprint density at radius 3 is 2.47 bits per heavy atom. The predicted octanol–water partition coefficient (Wildman–Crippen LogP) is 3.59. The maximum atomic E-state index is 12.9. The third-order valence-corrected chi connectivity index (χ3v) is 2.82. The van der Waals surface area contributed by atoms with Gasteiger partial charge >= 0.3 is 0 Å². The van der Waals surface area contributed by atoms with Crippen LogP contribution >= 0.6 is 11.6 Å². The first kappa shape index (κ1) is 12.0. The van der Waals surface area contributed by atoms with Gasteiger partial charge in [0.15, 0.2) is 0 Å². The van der Waals surface area contributed by atoms with Gasteiger partial charge in [-0.1, -0.05) is 23.7 Å². The molecule has 0 saturated heterocycles. The molecule has 0 aliphatic rings. The molecule has 0 radical (unpaired) electrons. The van der Waals surface area contributed by atoms with E-state index < -0.39 is 6.10 Å². The van der Waals surface area contributed by atoms with Gasteiger partial charge in [0, 0.05) is 11.8 Å². The van der Waals surface area contributed by atoms with Gasteiger partial charge in [0.1, 0.15) is 11.0 Å². The molecule has 88 valence electrons. The zero-order valence-electron chi connectivity index (χ0n) is 9.19. The van der Waals surface area contributed by atoms with Crippen LogP contribution in [0, 0.1) is 5.82 Å². The highest BCUT2D eigenvalue weighted by Gasteiger charge is 2.14. The molecule has 0 fully saturated rings. The van der Waals surface area contributed by atoms with Crippen LogP contribution in [0.3, 0.4) is 0 Å². The number of halogens is 2. The fraction of sp³-hybridized carbons (Fsp3) is 0.154. The van der Waals surface area contributed by atoms with Crippen molar-refractivity contribution in [1.29, 1.82) is 0 Å². The van der Waals surface area contributed by atoms with Crippen LogP contribution in [0.25, 0.3) is 11.1 Å². The van der Waals surface area contributed by atoms with E-state index in [9.17, 15) is 9.50 Å². The summed E-state index contributed by atoms with van der Waals surface area (Å²) < 4.78 is 12.9. The Morgan fingerprint density at radius 2 is 1.88 bits per heavy atom. The van der Waals surface area contributed by atoms with Crippen LogP contribution in [0.15, 0.2) is 36.5 Å². The minimum Gasteiger partial charge on any atom is -0.389 e. The van der Waals surface area contributed by atoms with E-state index in [-0.39, 0.29) is 11.0 Å². The Hall–Kier alpha value is -1.45. The number of nitrogens with zero attached hydrogens (tertiary/aromatic N) is 1. The van der Waals surface area contributed by atoms with Crippen molar-refractivity contribution in [2.24, 2.45) is 0 Å². The van der Waals surface area contributed by atoms with E-state index in [0.29, 0.717) is 5.56 Å². The van der Waals surface area contributed by atoms with Crippen molar-refractivity contribution >= 4 is 11.6 Å². The van der Waals surface area contributed by atoms with E-state index in [1.165, 1.54) is 12.1 Å². The molecule has 0 spiro atoms. The summed E-state index contributed by atoms with van der Waals surface area (Å²) >= 11 is 5.96. The number of aromatic nitrogens is 1. The normalized spacial score (nSPS) is 12.5. The van der Waals surface area contributed by atoms with Gasteiger partial charge in [-0.15, -0.1) is 0 Å². The Labute approximate surface area is 104 Å². The summed E-state index contributed by atoms with van der Waals surface area (Å²) in [5.74, 6) is -0.299. The minimum absolute atomic E-state index is 0.266. The molecule has 2 nitrogen and oxygen atoms in total. The minimum atomic E-state index is -0.726. The van der Waals surface area contributed by atoms with Crippen LogP contribution in [0.5, 0.6) is 0 Å². The Bertz CT molecular complexity index is 525. The maximum Gasteiger partial charge on any atom is 0.135 e. The van der Waals surface area contributed by atoms with E-state index in [2.05, 4.69) is 4.98 Å². The maximum absolute atomic E-state index is 12.9. The number of benzene rings is 1. The van der Waals surface area contributed by atoms with Crippen LogP contribution in [0.2, 0.25) is 5.15 Å². The van der Waals surface area contributed by atoms with E-state index in [4.69, 9.17) is 11.6 Å². The summed E-state index contributed by atoms with van der Waals surface area (Å²) in [7, 11) is 0. The zero-order valence-corrected chi connectivity index (χ0v) is 9.95. The fourth-order valence-corrected chi connectivity index (χ4v) is 2.04. The highest BCUT2D eigenvalue weighted by molar-refractivity contribution is 6.30. The lowest BCUT2D eigenvalue weighted by atomic mass is 9.99. The number of rotatable bonds is 2. The van der Waals surface area contributed by atoms with Crippen LogP contribution < -0.4 is 0 Å². The summed E-state index contributed by atoms with van der Waals surface area (Å²) in [6, 6.07) is 7.78. The number of hydrogen-bond donors (Lipinski definition) is 1. The molecule has 0 aliphatic heterocycles. The second kappa shape index (κ2) is 4.82. The summed E-state index contributed by atoms with van der Waals surface area (Å²) in [4.78, 5) is 3.94. The number of pyridine rings is 1. The highest BCUT2D eigenvalue weighted by atomic mass is 35.5. The fourth-order valence-electron chi connectivity index (χ4n) is 1.73. The molecule has 1 unspecified atom stereocenters. The molecule has 0 bridgehead atoms. The summed E-state index contributed by atoms with van der Waals surface area (Å²) in [6.45, 7) is 1.62. The molecule has 4 heteroatoms. The third kappa shape index (κ3) is 2.46. The first-order chi connectivity index (χ1) is 8.09. The molecule has 1 atom stereocenters. The monoisotopic (exact) mass is 251 g/mol. The van der Waals surface area contributed by atoms with Gasteiger partial charge in [0.2, 0.25) is 0 Å². The van der Waals surface area contributed by atoms with Gasteiger partial charge in [-0.2, -0.15) is 0 Å². The van der Waals surface area contributed by atoms with Gasteiger partial charge in [-0.05, 0) is 36.2 Å². The Kier molecular flexibility index (Phi) is 3.41. The topological polar surface area (TPSA) is 33.1 Å². The van der Waals surface area contributed by atoms with Crippen molar-refractivity contribution in [2.45, 2.75) is 13.0 Å². The molecular weight excluding hydrogens is 241 g/mol. The average molecular weight is 252 g/mol. The lowest BCUT2D eigenvalue weighted by Gasteiger charge is -2.13. The molecule has 2 aromatic rings. The second-order valence-corrected chi connectivity index (χ2v) is 4.10. The van der Waals surface area contributed by atoms with Crippen molar-refractivity contribution in [1.82, 2.24) is 4.98 Å². The number of hydrogen-bond acceptors (Lipinski definition) is 2. The van der Waals surface area contributed by atoms with Gasteiger partial charge in [-0.3, -0.25) is 0 Å². The molecular formula is C13H11ClFNO. The van der Waals surface area contributed by atoms with Gasteiger partial charge in [0.25, 0.3) is 0 Å². The van der Waals surface area contributed by atoms with Gasteiger partial charge < -0.3 is 5.11 Å². The summed E-state index contributed by atoms with van der Waals surface area (Å²) in [6.07, 6.45) is 0.837. The Morgan fingerprint density at radius 1 is 1.24 bits per heavy atom. The summed E-state index contributed by atoms with van der Waals surface area (Å²) in [5, 5.41) is 9.97. The van der Waals surface area contributed by atoms with E-state index in [0.717, 1.165) is 11.1 Å². The predicted molar refractivity (Wildman–Crippen MR) is 65.3 cm³/mol. The first-order valence-electron chi connectivity index (χ1n) is 5.18. The molecule has 1 heterocycles. The van der Waals surface area contributed by atoms with Gasteiger partial charge in [0.05, 0.1) is 6.10 Å². The van der Waals surface area contributed by atoms with Crippen molar-refractivity contribution in [2.75, 3.05) is 0 Å². The molecule has 2 rings (SSSR count). The molecule has 1 aromatic carbocycles. The molecule has 17 heavy (non-hydrogen) atoms. The number of aliphatic hydroxyl groups is 1. The molecule has 1 N–H and O–H groups in total. The van der Waals surface area contributed by atoms with Crippen molar-refractivity contribution in [3.8, 4) is 11.1 Å². The highest BCUT2D eigenvalue weighted by Crippen LogP contribution is 2.32. The number of aliphatic hydroxyl groups excluding tert-OH is 1. The molecule has 1 aromatic heterocycles. The van der Waals surface area contributed by atoms with Crippen molar-refractivity contribution in [3.63, 3.8) is 0 Å². The zero-order chi connectivity index (χ0) is 12.4. The second-order valence-electron chi connectivity index (χ2n) is 3.75. The molecule has 0 saturated carbocycles. The quantitative estimate of drug-likeness (QED) is 0.828. The molecule has 0 amide bonds. The smallest absolute Gasteiger partial charge is 0.135 e. The van der Waals surface area contributed by atoms with Crippen LogP contribution in [0.1, 0.15) is 18.6 Å². The van der Waals surface area contributed by atoms with E-state index in [1.54, 1.807) is 31.3 Å². The average Bonchev–Trinajstić information content (AvgIpc) is 2.29. The first-order valence-corrected chi connectivity index (χ1v) is 5.56. The standard InChI is InChI=1S/C13H11ClFNO/c1-8(17)12-11(6-7-16-13(12)14)9-2-4-10(15)5-3-9/h2-8,17H,1H3. The van der Waals surface area contributed by atoms with Crippen LogP contribution in [0.4, 0.5) is 4.39 Å². The summed E-state index contributed by atoms with van der Waals surface area (Å²) in [5.41, 5.74) is 2.12. The lowest BCUT2D eigenvalue weighted by Crippen LogP contribution is -1.98. The van der Waals surface area contributed by atoms with Crippen molar-refractivity contribution < 1.29 is 9.50 Å². The van der Waals surface area contributed by atoms with Gasteiger partial charge in [-0.25, -0.2) is 9.37 Å². The van der Waals surface area contributed by atoms with Crippen LogP contribution in [-0.2, 0) is 0 Å². The van der Waals surface area contributed by atoms with E-state index in [1.807, 2.05) is 0 Å².